The number of anilines is 1. The van der Waals surface area contributed by atoms with Crippen molar-refractivity contribution in [2.45, 2.75) is 24.7 Å². The van der Waals surface area contributed by atoms with E-state index < -0.39 is 15.9 Å². The first-order valence-electron chi connectivity index (χ1n) is 12.2. The molecule has 0 aliphatic rings. The largest absolute Gasteiger partial charge is 0.458 e. The van der Waals surface area contributed by atoms with Crippen LogP contribution in [0, 0.1) is 13.8 Å². The Morgan fingerprint density at radius 1 is 0.842 bits per heavy atom. The topological polar surface area (TPSA) is 75.1 Å². The Morgan fingerprint density at radius 3 is 2.32 bits per heavy atom. The molecule has 38 heavy (non-hydrogen) atoms. The van der Waals surface area contributed by atoms with E-state index in [2.05, 4.69) is 28.8 Å². The Morgan fingerprint density at radius 2 is 1.55 bits per heavy atom. The zero-order valence-corrected chi connectivity index (χ0v) is 22.4. The molecule has 2 aromatic heterocycles. The molecule has 0 fully saturated rings. The number of sulfonamides is 1. The Bertz CT molecular complexity index is 1890. The van der Waals surface area contributed by atoms with Crippen LogP contribution in [0.5, 0.6) is 0 Å². The lowest BCUT2D eigenvalue weighted by molar-refractivity contribution is 0.544. The Labute approximate surface area is 226 Å². The van der Waals surface area contributed by atoms with Gasteiger partial charge in [0.1, 0.15) is 11.3 Å². The SMILES string of the molecule is Cc1ccc(S(=O)(=O)Nc2c(C(c3ccc(Cl)cc3)c3c[nH]c4c(C)cccc34)oc3ccccc23)cc1. The number of H-pyrrole nitrogens is 1. The summed E-state index contributed by atoms with van der Waals surface area (Å²) in [6.45, 7) is 3.98. The number of aromatic amines is 1. The first kappa shape index (κ1) is 24.3. The quantitative estimate of drug-likeness (QED) is 0.224. The number of rotatable bonds is 6. The third-order valence-corrected chi connectivity index (χ3v) is 8.54. The maximum Gasteiger partial charge on any atom is 0.262 e. The van der Waals surface area contributed by atoms with Crippen LogP contribution in [0.2, 0.25) is 5.02 Å². The number of furan rings is 1. The number of hydrogen-bond donors (Lipinski definition) is 2. The van der Waals surface area contributed by atoms with Gasteiger partial charge < -0.3 is 9.40 Å². The maximum atomic E-state index is 13.6. The Kier molecular flexibility index (Phi) is 6.01. The Balaban J connectivity index is 1.60. The molecule has 0 spiro atoms. The van der Waals surface area contributed by atoms with Crippen LogP contribution in [0.1, 0.15) is 33.9 Å². The summed E-state index contributed by atoms with van der Waals surface area (Å²) in [6, 6.07) is 28.0. The van der Waals surface area contributed by atoms with Crippen molar-refractivity contribution in [1.82, 2.24) is 4.98 Å². The molecular weight excluding hydrogens is 516 g/mol. The van der Waals surface area contributed by atoms with Crippen molar-refractivity contribution in [3.8, 4) is 0 Å². The van der Waals surface area contributed by atoms with Crippen molar-refractivity contribution in [2.24, 2.45) is 0 Å². The first-order valence-corrected chi connectivity index (χ1v) is 14.1. The van der Waals surface area contributed by atoms with Crippen molar-refractivity contribution in [1.29, 1.82) is 0 Å². The fourth-order valence-electron chi connectivity index (χ4n) is 4.98. The lowest BCUT2D eigenvalue weighted by Gasteiger charge is -2.18. The van der Waals surface area contributed by atoms with Crippen molar-refractivity contribution < 1.29 is 12.8 Å². The van der Waals surface area contributed by atoms with Gasteiger partial charge in [0.05, 0.1) is 16.5 Å². The minimum absolute atomic E-state index is 0.185. The standard InChI is InChI=1S/C31H25ClN2O3S/c1-19-10-16-23(17-11-19)38(35,36)34-30-25-7-3-4-9-27(25)37-31(30)28(21-12-14-22(32)15-13-21)26-18-33-29-20(2)6-5-8-24(26)29/h3-18,28,33-34H,1-2H3. The maximum absolute atomic E-state index is 13.6. The fourth-order valence-corrected chi connectivity index (χ4v) is 6.19. The molecule has 7 heteroatoms. The van der Waals surface area contributed by atoms with Crippen molar-refractivity contribution in [2.75, 3.05) is 4.72 Å². The highest BCUT2D eigenvalue weighted by molar-refractivity contribution is 7.92. The zero-order valence-electron chi connectivity index (χ0n) is 20.8. The summed E-state index contributed by atoms with van der Waals surface area (Å²) in [7, 11) is -3.89. The molecule has 6 rings (SSSR count). The molecule has 2 N–H and O–H groups in total. The summed E-state index contributed by atoms with van der Waals surface area (Å²) in [5.74, 6) is 0.0950. The van der Waals surface area contributed by atoms with Crippen LogP contribution in [0.3, 0.4) is 0 Å². The number of benzene rings is 4. The lowest BCUT2D eigenvalue weighted by atomic mass is 9.88. The number of fused-ring (bicyclic) bond motifs is 2. The molecule has 1 unspecified atom stereocenters. The summed E-state index contributed by atoms with van der Waals surface area (Å²) in [6.07, 6.45) is 1.97. The van der Waals surface area contributed by atoms with E-state index >= 15 is 0 Å². The van der Waals surface area contributed by atoms with Crippen molar-refractivity contribution in [3.63, 3.8) is 0 Å². The van der Waals surface area contributed by atoms with Gasteiger partial charge >= 0.3 is 0 Å². The van der Waals surface area contributed by atoms with Gasteiger partial charge in [-0.1, -0.05) is 71.8 Å². The van der Waals surface area contributed by atoms with Gasteiger partial charge in [-0.3, -0.25) is 4.72 Å². The zero-order chi connectivity index (χ0) is 26.4. The summed E-state index contributed by atoms with van der Waals surface area (Å²) in [5.41, 5.74) is 6.04. The third-order valence-electron chi connectivity index (χ3n) is 6.92. The van der Waals surface area contributed by atoms with Gasteiger partial charge in [0.15, 0.2) is 0 Å². The molecule has 0 saturated heterocycles. The van der Waals surface area contributed by atoms with Gasteiger partial charge in [-0.15, -0.1) is 0 Å². The van der Waals surface area contributed by atoms with Gasteiger partial charge in [-0.2, -0.15) is 0 Å². The van der Waals surface area contributed by atoms with Gasteiger partial charge in [-0.05, 0) is 66.9 Å². The molecule has 0 saturated carbocycles. The molecule has 0 aliphatic heterocycles. The van der Waals surface area contributed by atoms with E-state index in [1.807, 2.05) is 67.7 Å². The number of aromatic nitrogens is 1. The highest BCUT2D eigenvalue weighted by Gasteiger charge is 2.30. The third kappa shape index (κ3) is 4.26. The summed E-state index contributed by atoms with van der Waals surface area (Å²) >= 11 is 6.24. The van der Waals surface area contributed by atoms with E-state index in [9.17, 15) is 8.42 Å². The number of hydrogen-bond acceptors (Lipinski definition) is 3. The lowest BCUT2D eigenvalue weighted by Crippen LogP contribution is -2.15. The molecule has 5 nitrogen and oxygen atoms in total. The van der Waals surface area contributed by atoms with Crippen LogP contribution in [-0.2, 0) is 10.0 Å². The number of aryl methyl sites for hydroxylation is 2. The van der Waals surface area contributed by atoms with E-state index in [4.69, 9.17) is 16.0 Å². The fraction of sp³-hybridized carbons (Fsp3) is 0.0968. The predicted molar refractivity (Wildman–Crippen MR) is 154 cm³/mol. The summed E-state index contributed by atoms with van der Waals surface area (Å²) in [4.78, 5) is 3.60. The van der Waals surface area contributed by atoms with Crippen LogP contribution in [0.4, 0.5) is 5.69 Å². The molecule has 190 valence electrons. The average Bonchev–Trinajstić information content (AvgIpc) is 3.49. The predicted octanol–water partition coefficient (Wildman–Crippen LogP) is 8.17. The molecule has 0 bridgehead atoms. The highest BCUT2D eigenvalue weighted by Crippen LogP contribution is 2.44. The van der Waals surface area contributed by atoms with Crippen molar-refractivity contribution in [3.05, 3.63) is 130 Å². The molecule has 0 radical (unpaired) electrons. The number of nitrogens with one attached hydrogen (secondary N) is 2. The minimum Gasteiger partial charge on any atom is -0.458 e. The summed E-state index contributed by atoms with van der Waals surface area (Å²) in [5, 5.41) is 2.35. The second-order valence-corrected chi connectivity index (χ2v) is 11.6. The van der Waals surface area contributed by atoms with E-state index in [0.717, 1.165) is 33.2 Å². The van der Waals surface area contributed by atoms with E-state index in [1.54, 1.807) is 24.3 Å². The van der Waals surface area contributed by atoms with E-state index in [-0.39, 0.29) is 4.90 Å². The molecular formula is C31H25ClN2O3S. The number of para-hydroxylation sites is 2. The summed E-state index contributed by atoms with van der Waals surface area (Å²) < 4.78 is 36.5. The smallest absolute Gasteiger partial charge is 0.262 e. The van der Waals surface area contributed by atoms with Crippen LogP contribution >= 0.6 is 11.6 Å². The molecule has 2 heterocycles. The molecule has 0 amide bonds. The van der Waals surface area contributed by atoms with Crippen LogP contribution < -0.4 is 4.72 Å². The number of halogens is 1. The van der Waals surface area contributed by atoms with Gasteiger partial charge in [-0.25, -0.2) is 8.42 Å². The van der Waals surface area contributed by atoms with Crippen LogP contribution in [0.25, 0.3) is 21.9 Å². The van der Waals surface area contributed by atoms with E-state index in [0.29, 0.717) is 27.4 Å². The monoisotopic (exact) mass is 540 g/mol. The molecule has 6 aromatic rings. The van der Waals surface area contributed by atoms with Crippen molar-refractivity contribution >= 4 is 49.2 Å². The van der Waals surface area contributed by atoms with Crippen LogP contribution in [-0.4, -0.2) is 13.4 Å². The average molecular weight is 541 g/mol. The molecule has 0 aliphatic carbocycles. The second-order valence-electron chi connectivity index (χ2n) is 9.48. The van der Waals surface area contributed by atoms with Gasteiger partial charge in [0.25, 0.3) is 10.0 Å². The van der Waals surface area contributed by atoms with Gasteiger partial charge in [0, 0.05) is 27.5 Å². The molecule has 4 aromatic carbocycles. The first-order chi connectivity index (χ1) is 18.3. The normalized spacial score (nSPS) is 12.7. The Hall–Kier alpha value is -4.00. The highest BCUT2D eigenvalue weighted by atomic mass is 35.5. The van der Waals surface area contributed by atoms with Gasteiger partial charge in [0.2, 0.25) is 0 Å². The minimum atomic E-state index is -3.89. The second kappa shape index (κ2) is 9.39. The molecule has 1 atom stereocenters. The van der Waals surface area contributed by atoms with Crippen LogP contribution in [0.15, 0.2) is 107 Å². The van der Waals surface area contributed by atoms with E-state index in [1.165, 1.54) is 0 Å².